The highest BCUT2D eigenvalue weighted by Crippen LogP contribution is 2.30. The molecule has 5 nitrogen and oxygen atoms in total. The van der Waals surface area contributed by atoms with Crippen molar-refractivity contribution in [3.05, 3.63) is 23.2 Å². The minimum Gasteiger partial charge on any atom is -0.382 e. The van der Waals surface area contributed by atoms with Gasteiger partial charge >= 0.3 is 6.03 Å². The van der Waals surface area contributed by atoms with Gasteiger partial charge in [0.15, 0.2) is 0 Å². The molecule has 1 fully saturated rings. The molecule has 0 atom stereocenters. The highest BCUT2D eigenvalue weighted by molar-refractivity contribution is 6.33. The Morgan fingerprint density at radius 3 is 2.78 bits per heavy atom. The second-order valence-corrected chi connectivity index (χ2v) is 6.05. The summed E-state index contributed by atoms with van der Waals surface area (Å²) in [4.78, 5) is 14.1. The third-order valence-corrected chi connectivity index (χ3v) is 4.16. The Labute approximate surface area is 143 Å². The van der Waals surface area contributed by atoms with Crippen molar-refractivity contribution in [2.75, 3.05) is 43.1 Å². The zero-order valence-electron chi connectivity index (χ0n) is 13.7. The summed E-state index contributed by atoms with van der Waals surface area (Å²) in [5.41, 5.74) is 1.76. The lowest BCUT2D eigenvalue weighted by molar-refractivity contribution is 0.145. The van der Waals surface area contributed by atoms with E-state index in [9.17, 15) is 4.79 Å². The third-order valence-electron chi connectivity index (χ3n) is 3.86. The van der Waals surface area contributed by atoms with Gasteiger partial charge in [-0.15, -0.1) is 0 Å². The van der Waals surface area contributed by atoms with E-state index in [1.807, 2.05) is 25.1 Å². The first-order valence-corrected chi connectivity index (χ1v) is 8.75. The first kappa shape index (κ1) is 17.9. The maximum atomic E-state index is 11.8. The number of urea groups is 1. The van der Waals surface area contributed by atoms with Gasteiger partial charge in [0.05, 0.1) is 10.7 Å². The molecule has 0 aromatic heterocycles. The number of piperidine rings is 1. The number of hydrogen-bond acceptors (Lipinski definition) is 3. The Kier molecular flexibility index (Phi) is 7.49. The number of anilines is 2. The molecule has 0 saturated carbocycles. The number of rotatable bonds is 7. The highest BCUT2D eigenvalue weighted by atomic mass is 35.5. The van der Waals surface area contributed by atoms with E-state index in [1.54, 1.807) is 0 Å². The second kappa shape index (κ2) is 9.63. The summed E-state index contributed by atoms with van der Waals surface area (Å²) in [5, 5.41) is 6.30. The maximum Gasteiger partial charge on any atom is 0.319 e. The molecule has 0 unspecified atom stereocenters. The van der Waals surface area contributed by atoms with E-state index in [0.29, 0.717) is 30.5 Å². The number of carbonyl (C=O) groups excluding carboxylic acids is 1. The number of hydrogen-bond donors (Lipinski definition) is 2. The van der Waals surface area contributed by atoms with Crippen molar-refractivity contribution in [1.82, 2.24) is 5.32 Å². The normalized spacial score (nSPS) is 14.6. The van der Waals surface area contributed by atoms with Crippen molar-refractivity contribution in [3.8, 4) is 0 Å². The van der Waals surface area contributed by atoms with Crippen molar-refractivity contribution in [2.24, 2.45) is 0 Å². The van der Waals surface area contributed by atoms with Crippen LogP contribution < -0.4 is 15.5 Å². The Morgan fingerprint density at radius 1 is 1.30 bits per heavy atom. The van der Waals surface area contributed by atoms with Crippen LogP contribution in [0, 0.1) is 0 Å². The summed E-state index contributed by atoms with van der Waals surface area (Å²) < 4.78 is 5.23. The van der Waals surface area contributed by atoms with Crippen LogP contribution in [0.1, 0.15) is 32.6 Å². The van der Waals surface area contributed by atoms with E-state index < -0.39 is 0 Å². The summed E-state index contributed by atoms with van der Waals surface area (Å²) in [5.74, 6) is 0. The second-order valence-electron chi connectivity index (χ2n) is 5.65. The van der Waals surface area contributed by atoms with Crippen molar-refractivity contribution < 1.29 is 9.53 Å². The molecule has 2 rings (SSSR count). The zero-order chi connectivity index (χ0) is 16.5. The molecule has 6 heteroatoms. The van der Waals surface area contributed by atoms with Gasteiger partial charge in [-0.1, -0.05) is 11.6 Å². The molecular formula is C17H26ClN3O2. The van der Waals surface area contributed by atoms with Gasteiger partial charge in [-0.3, -0.25) is 0 Å². The molecule has 2 N–H and O–H groups in total. The summed E-state index contributed by atoms with van der Waals surface area (Å²) in [7, 11) is 0. The Hall–Kier alpha value is -1.46. The van der Waals surface area contributed by atoms with Crippen LogP contribution in [0.4, 0.5) is 16.2 Å². The summed E-state index contributed by atoms with van der Waals surface area (Å²) in [6.07, 6.45) is 4.51. The van der Waals surface area contributed by atoms with Gasteiger partial charge in [0.25, 0.3) is 0 Å². The van der Waals surface area contributed by atoms with Crippen LogP contribution in [-0.2, 0) is 4.74 Å². The zero-order valence-corrected chi connectivity index (χ0v) is 14.5. The molecule has 128 valence electrons. The predicted octanol–water partition coefficient (Wildman–Crippen LogP) is 3.88. The van der Waals surface area contributed by atoms with Gasteiger partial charge in [-0.2, -0.15) is 0 Å². The highest BCUT2D eigenvalue weighted by Gasteiger charge is 2.14. The van der Waals surface area contributed by atoms with E-state index in [0.717, 1.165) is 25.2 Å². The molecule has 1 aromatic carbocycles. The fraction of sp³-hybridized carbons (Fsp3) is 0.588. The van der Waals surface area contributed by atoms with Crippen molar-refractivity contribution >= 4 is 29.0 Å². The van der Waals surface area contributed by atoms with Crippen LogP contribution >= 0.6 is 11.6 Å². The van der Waals surface area contributed by atoms with Gasteiger partial charge < -0.3 is 20.3 Å². The molecule has 1 aliphatic rings. The molecule has 0 aliphatic carbocycles. The van der Waals surface area contributed by atoms with E-state index >= 15 is 0 Å². The molecule has 1 heterocycles. The minimum atomic E-state index is -0.219. The van der Waals surface area contributed by atoms with Gasteiger partial charge in [0.1, 0.15) is 0 Å². The number of halogens is 1. The number of ether oxygens (including phenoxy) is 1. The number of nitrogens with zero attached hydrogens (tertiary/aromatic N) is 1. The summed E-state index contributed by atoms with van der Waals surface area (Å²) in [6.45, 7) is 6.00. The molecule has 0 bridgehead atoms. The van der Waals surface area contributed by atoms with Crippen LogP contribution in [0.3, 0.4) is 0 Å². The van der Waals surface area contributed by atoms with Crippen molar-refractivity contribution in [3.63, 3.8) is 0 Å². The maximum absolute atomic E-state index is 11.8. The molecule has 0 spiro atoms. The number of nitrogens with one attached hydrogen (secondary N) is 2. The Balaban J connectivity index is 1.81. The fourth-order valence-corrected chi connectivity index (χ4v) is 2.97. The van der Waals surface area contributed by atoms with Crippen molar-refractivity contribution in [2.45, 2.75) is 32.6 Å². The van der Waals surface area contributed by atoms with Crippen LogP contribution in [0.5, 0.6) is 0 Å². The van der Waals surface area contributed by atoms with Gasteiger partial charge in [-0.05, 0) is 50.8 Å². The molecule has 2 amide bonds. The van der Waals surface area contributed by atoms with Gasteiger partial charge in [0.2, 0.25) is 0 Å². The Bertz CT molecular complexity index is 505. The summed E-state index contributed by atoms with van der Waals surface area (Å²) in [6, 6.07) is 5.47. The van der Waals surface area contributed by atoms with Crippen LogP contribution in [0.2, 0.25) is 5.02 Å². The standard InChI is InChI=1S/C17H26ClN3O2/c1-2-23-12-6-9-19-17(22)20-14-7-8-16(15(18)13-14)21-10-4-3-5-11-21/h7-8,13H,2-6,9-12H2,1H3,(H2,19,20,22). The minimum absolute atomic E-state index is 0.219. The van der Waals surface area contributed by atoms with Crippen LogP contribution in [-0.4, -0.2) is 38.9 Å². The lowest BCUT2D eigenvalue weighted by Gasteiger charge is -2.29. The van der Waals surface area contributed by atoms with Crippen LogP contribution in [0.15, 0.2) is 18.2 Å². The largest absolute Gasteiger partial charge is 0.382 e. The molecule has 1 aromatic rings. The number of carbonyl (C=O) groups is 1. The van der Waals surface area contributed by atoms with E-state index in [2.05, 4.69) is 15.5 Å². The lowest BCUT2D eigenvalue weighted by atomic mass is 10.1. The molecule has 1 aliphatic heterocycles. The first-order valence-electron chi connectivity index (χ1n) is 8.38. The smallest absolute Gasteiger partial charge is 0.319 e. The molecular weight excluding hydrogens is 314 g/mol. The average molecular weight is 340 g/mol. The van der Waals surface area contributed by atoms with Crippen molar-refractivity contribution in [1.29, 1.82) is 0 Å². The van der Waals surface area contributed by atoms with Gasteiger partial charge in [0, 0.05) is 38.5 Å². The first-order chi connectivity index (χ1) is 11.2. The van der Waals surface area contributed by atoms with E-state index in [-0.39, 0.29) is 6.03 Å². The predicted molar refractivity (Wildman–Crippen MR) is 95.6 cm³/mol. The van der Waals surface area contributed by atoms with E-state index in [4.69, 9.17) is 16.3 Å². The number of benzene rings is 1. The van der Waals surface area contributed by atoms with Crippen LogP contribution in [0.25, 0.3) is 0 Å². The fourth-order valence-electron chi connectivity index (χ4n) is 2.67. The third kappa shape index (κ3) is 5.92. The summed E-state index contributed by atoms with van der Waals surface area (Å²) >= 11 is 6.38. The SMILES string of the molecule is CCOCCCNC(=O)Nc1ccc(N2CCCCC2)c(Cl)c1. The molecule has 0 radical (unpaired) electrons. The Morgan fingerprint density at radius 2 is 2.09 bits per heavy atom. The average Bonchev–Trinajstić information content (AvgIpc) is 2.55. The molecule has 1 saturated heterocycles. The number of amides is 2. The topological polar surface area (TPSA) is 53.6 Å². The quantitative estimate of drug-likeness (QED) is 0.741. The monoisotopic (exact) mass is 339 g/mol. The lowest BCUT2D eigenvalue weighted by Crippen LogP contribution is -2.30. The molecule has 23 heavy (non-hydrogen) atoms. The van der Waals surface area contributed by atoms with Gasteiger partial charge in [-0.25, -0.2) is 4.79 Å². The van der Waals surface area contributed by atoms with E-state index in [1.165, 1.54) is 19.3 Å².